The molecule has 0 spiro atoms. The lowest BCUT2D eigenvalue weighted by molar-refractivity contribution is -0.131. The van der Waals surface area contributed by atoms with Crippen molar-refractivity contribution in [2.24, 2.45) is 0 Å². The number of aromatic nitrogens is 1. The number of hydrogen-bond donors (Lipinski definition) is 0. The van der Waals surface area contributed by atoms with Crippen LogP contribution < -0.4 is 0 Å². The second-order valence-corrected chi connectivity index (χ2v) is 6.88. The lowest BCUT2D eigenvalue weighted by Crippen LogP contribution is -2.31. The van der Waals surface area contributed by atoms with Gasteiger partial charge in [0.15, 0.2) is 11.6 Å². The van der Waals surface area contributed by atoms with E-state index in [2.05, 4.69) is 5.16 Å². The van der Waals surface area contributed by atoms with Crippen LogP contribution >= 0.6 is 0 Å². The average molecular weight is 319 g/mol. The maximum atomic E-state index is 13.8. The molecule has 0 saturated carbocycles. The zero-order valence-corrected chi connectivity index (χ0v) is 13.6. The van der Waals surface area contributed by atoms with E-state index in [1.54, 1.807) is 12.1 Å². The van der Waals surface area contributed by atoms with E-state index in [0.717, 1.165) is 25.7 Å². The second kappa shape index (κ2) is 6.40. The predicted octanol–water partition coefficient (Wildman–Crippen LogP) is 4.16. The summed E-state index contributed by atoms with van der Waals surface area (Å²) in [6, 6.07) is 4.75. The van der Waals surface area contributed by atoms with Crippen LogP contribution in [0.15, 0.2) is 22.7 Å². The highest BCUT2D eigenvalue weighted by Gasteiger charge is 2.33. The molecule has 124 valence electrons. The van der Waals surface area contributed by atoms with Gasteiger partial charge in [0.2, 0.25) is 5.58 Å². The van der Waals surface area contributed by atoms with E-state index >= 15 is 0 Å². The number of hydrogen-bond acceptors (Lipinski definition) is 4. The molecule has 3 rings (SSSR count). The number of fused-ring (bicyclic) bond motifs is 1. The molecule has 1 fully saturated rings. The molecule has 0 N–H and O–H groups in total. The van der Waals surface area contributed by atoms with Crippen molar-refractivity contribution in [2.75, 3.05) is 6.61 Å². The number of nitrogens with zero attached hydrogens (tertiary/aromatic N) is 1. The summed E-state index contributed by atoms with van der Waals surface area (Å²) >= 11 is 0. The minimum Gasteiger partial charge on any atom is -0.370 e. The molecular weight excluding hydrogens is 297 g/mol. The number of halogens is 1. The van der Waals surface area contributed by atoms with Crippen LogP contribution in [-0.2, 0) is 14.9 Å². The first-order valence-electron chi connectivity index (χ1n) is 8.18. The van der Waals surface area contributed by atoms with Crippen LogP contribution in [0.25, 0.3) is 11.0 Å². The lowest BCUT2D eigenvalue weighted by Gasteiger charge is -2.24. The van der Waals surface area contributed by atoms with Gasteiger partial charge in [0, 0.05) is 23.8 Å². The third-order valence-electron chi connectivity index (χ3n) is 4.50. The van der Waals surface area contributed by atoms with Crippen molar-refractivity contribution in [3.8, 4) is 0 Å². The molecule has 0 amide bonds. The Balaban J connectivity index is 1.82. The highest BCUT2D eigenvalue weighted by atomic mass is 19.1. The molecule has 1 aromatic carbocycles. The third kappa shape index (κ3) is 3.29. The Bertz CT molecular complexity index is 699. The first-order valence-corrected chi connectivity index (χ1v) is 8.18. The summed E-state index contributed by atoms with van der Waals surface area (Å²) in [5.41, 5.74) is 0.230. The minimum atomic E-state index is -0.536. The molecule has 1 unspecified atom stereocenters. The number of ketones is 1. The largest absolute Gasteiger partial charge is 0.370 e. The number of benzene rings is 1. The zero-order valence-electron chi connectivity index (χ0n) is 13.6. The lowest BCUT2D eigenvalue weighted by atomic mass is 9.81. The predicted molar refractivity (Wildman–Crippen MR) is 84.8 cm³/mol. The molecule has 1 saturated heterocycles. The summed E-state index contributed by atoms with van der Waals surface area (Å²) < 4.78 is 24.6. The zero-order chi connectivity index (χ0) is 16.4. The van der Waals surface area contributed by atoms with Crippen molar-refractivity contribution in [1.29, 1.82) is 0 Å². The van der Waals surface area contributed by atoms with E-state index in [0.29, 0.717) is 24.1 Å². The van der Waals surface area contributed by atoms with Gasteiger partial charge in [0.25, 0.3) is 0 Å². The van der Waals surface area contributed by atoms with Gasteiger partial charge in [-0.05, 0) is 25.0 Å². The van der Waals surface area contributed by atoms with E-state index in [9.17, 15) is 9.18 Å². The van der Waals surface area contributed by atoms with Gasteiger partial charge in [-0.15, -0.1) is 0 Å². The van der Waals surface area contributed by atoms with Gasteiger partial charge in [-0.3, -0.25) is 4.79 Å². The Labute approximate surface area is 135 Å². The van der Waals surface area contributed by atoms with Crippen molar-refractivity contribution >= 4 is 16.8 Å². The maximum Gasteiger partial charge on any atom is 0.202 e. The summed E-state index contributed by atoms with van der Waals surface area (Å²) in [7, 11) is 0. The molecule has 1 aliphatic heterocycles. The molecule has 1 aliphatic rings. The number of para-hydroxylation sites is 1. The summed E-state index contributed by atoms with van der Waals surface area (Å²) in [6.45, 7) is 4.52. The molecule has 1 atom stereocenters. The quantitative estimate of drug-likeness (QED) is 0.849. The van der Waals surface area contributed by atoms with Crippen LogP contribution in [-0.4, -0.2) is 23.7 Å². The van der Waals surface area contributed by atoms with Crippen molar-refractivity contribution < 1.29 is 18.4 Å². The van der Waals surface area contributed by atoms with E-state index in [-0.39, 0.29) is 17.5 Å². The Kier molecular flexibility index (Phi) is 4.48. The summed E-state index contributed by atoms with van der Waals surface area (Å²) in [5.74, 6) is -0.347. The smallest absolute Gasteiger partial charge is 0.202 e. The summed E-state index contributed by atoms with van der Waals surface area (Å²) in [4.78, 5) is 12.6. The first kappa shape index (κ1) is 16.1. The van der Waals surface area contributed by atoms with Crippen molar-refractivity contribution in [3.63, 3.8) is 0 Å². The van der Waals surface area contributed by atoms with Crippen LogP contribution in [0.1, 0.15) is 51.6 Å². The molecule has 0 bridgehead atoms. The second-order valence-electron chi connectivity index (χ2n) is 6.88. The van der Waals surface area contributed by atoms with Crippen molar-refractivity contribution in [2.45, 2.75) is 57.5 Å². The highest BCUT2D eigenvalue weighted by Crippen LogP contribution is 2.34. The Hall–Kier alpha value is -1.75. The highest BCUT2D eigenvalue weighted by molar-refractivity contribution is 5.86. The van der Waals surface area contributed by atoms with Gasteiger partial charge in [-0.2, -0.15) is 0 Å². The topological polar surface area (TPSA) is 52.3 Å². The molecule has 0 radical (unpaired) electrons. The third-order valence-corrected chi connectivity index (χ3v) is 4.50. The maximum absolute atomic E-state index is 13.8. The molecule has 0 aliphatic carbocycles. The average Bonchev–Trinajstić information content (AvgIpc) is 2.77. The molecule has 1 aromatic heterocycles. The SMILES string of the molecule is CC(C)(CC(=O)C1CCCCCO1)c1noc2c(F)cccc12. The normalized spacial score (nSPS) is 19.7. The van der Waals surface area contributed by atoms with Crippen LogP contribution in [0.2, 0.25) is 0 Å². The van der Waals surface area contributed by atoms with Crippen LogP contribution in [0.5, 0.6) is 0 Å². The fourth-order valence-electron chi connectivity index (χ4n) is 3.22. The van der Waals surface area contributed by atoms with Gasteiger partial charge in [-0.1, -0.05) is 37.9 Å². The minimum absolute atomic E-state index is 0.0875. The number of rotatable bonds is 4. The molecular formula is C18H22FNO3. The molecule has 2 aromatic rings. The molecule has 23 heavy (non-hydrogen) atoms. The van der Waals surface area contributed by atoms with Crippen LogP contribution in [0, 0.1) is 5.82 Å². The fraction of sp³-hybridized carbons (Fsp3) is 0.556. The Morgan fingerprint density at radius 1 is 1.35 bits per heavy atom. The summed E-state index contributed by atoms with van der Waals surface area (Å²) in [5, 5.41) is 4.67. The molecule has 5 heteroatoms. The van der Waals surface area contributed by atoms with E-state index in [1.165, 1.54) is 6.07 Å². The van der Waals surface area contributed by atoms with Gasteiger partial charge in [0.1, 0.15) is 6.10 Å². The van der Waals surface area contributed by atoms with E-state index in [1.807, 2.05) is 13.8 Å². The summed E-state index contributed by atoms with van der Waals surface area (Å²) in [6.07, 6.45) is 3.90. The van der Waals surface area contributed by atoms with Crippen LogP contribution in [0.4, 0.5) is 4.39 Å². The number of Topliss-reactive ketones (excluding diaryl/α,β-unsaturated/α-hetero) is 1. The van der Waals surface area contributed by atoms with Gasteiger partial charge in [0.05, 0.1) is 5.69 Å². The van der Waals surface area contributed by atoms with E-state index < -0.39 is 11.2 Å². The Morgan fingerprint density at radius 3 is 3.00 bits per heavy atom. The standard InChI is InChI=1S/C18H22FNO3/c1-18(2,11-14(21)15-9-4-3-5-10-22-15)17-12-7-6-8-13(19)16(12)23-20-17/h6-8,15H,3-5,9-11H2,1-2H3. The fourth-order valence-corrected chi connectivity index (χ4v) is 3.22. The number of ether oxygens (including phenoxy) is 1. The van der Waals surface area contributed by atoms with Gasteiger partial charge in [-0.25, -0.2) is 4.39 Å². The van der Waals surface area contributed by atoms with Crippen LogP contribution in [0.3, 0.4) is 0 Å². The molecule has 4 nitrogen and oxygen atoms in total. The Morgan fingerprint density at radius 2 is 2.17 bits per heavy atom. The number of carbonyl (C=O) groups is 1. The first-order chi connectivity index (χ1) is 11.0. The molecule has 2 heterocycles. The van der Waals surface area contributed by atoms with Crippen molar-refractivity contribution in [3.05, 3.63) is 29.7 Å². The van der Waals surface area contributed by atoms with Gasteiger partial charge < -0.3 is 9.26 Å². The van der Waals surface area contributed by atoms with E-state index in [4.69, 9.17) is 9.26 Å². The van der Waals surface area contributed by atoms with Gasteiger partial charge >= 0.3 is 0 Å². The number of carbonyl (C=O) groups excluding carboxylic acids is 1. The monoisotopic (exact) mass is 319 g/mol. The van der Waals surface area contributed by atoms with Crippen molar-refractivity contribution in [1.82, 2.24) is 5.16 Å².